The van der Waals surface area contributed by atoms with Crippen LogP contribution in [0, 0.1) is 13.8 Å². The van der Waals surface area contributed by atoms with Crippen LogP contribution >= 0.6 is 0 Å². The molecular weight excluding hydrogens is 150 g/mol. The van der Waals surface area contributed by atoms with Crippen molar-refractivity contribution in [2.75, 3.05) is 0 Å². The highest BCUT2D eigenvalue weighted by Gasteiger charge is 2.06. The fourth-order valence-corrected chi connectivity index (χ4v) is 1.04. The summed E-state index contributed by atoms with van der Waals surface area (Å²) in [5, 5.41) is 9.49. The van der Waals surface area contributed by atoms with Crippen molar-refractivity contribution in [3.8, 4) is 5.75 Å². The topological polar surface area (TPSA) is 33.1 Å². The van der Waals surface area contributed by atoms with E-state index >= 15 is 0 Å². The summed E-state index contributed by atoms with van der Waals surface area (Å²) in [5.41, 5.74) is 2.74. The van der Waals surface area contributed by atoms with Crippen molar-refractivity contribution in [2.24, 2.45) is 0 Å². The maximum atomic E-state index is 9.49. The monoisotopic (exact) mass is 165 g/mol. The smallest absolute Gasteiger partial charge is 0.122 e. The summed E-state index contributed by atoms with van der Waals surface area (Å²) in [6, 6.07) is 1.74. The zero-order valence-corrected chi connectivity index (χ0v) is 8.05. The van der Waals surface area contributed by atoms with Crippen molar-refractivity contribution in [1.82, 2.24) is 4.98 Å². The van der Waals surface area contributed by atoms with Gasteiger partial charge in [-0.25, -0.2) is 0 Å². The largest absolute Gasteiger partial charge is 0.508 e. The van der Waals surface area contributed by atoms with E-state index in [1.165, 1.54) is 0 Å². The second kappa shape index (κ2) is 3.13. The normalized spacial score (nSPS) is 10.8. The summed E-state index contributed by atoms with van der Waals surface area (Å²) in [6.45, 7) is 7.93. The molecular formula is C10H15NO. The molecule has 0 radical (unpaired) electrons. The summed E-state index contributed by atoms with van der Waals surface area (Å²) >= 11 is 0. The summed E-state index contributed by atoms with van der Waals surface area (Å²) in [4.78, 5) is 4.37. The molecule has 1 heterocycles. The summed E-state index contributed by atoms with van der Waals surface area (Å²) in [5.74, 6) is 0.724. The molecule has 0 amide bonds. The van der Waals surface area contributed by atoms with E-state index in [0.717, 1.165) is 17.0 Å². The molecule has 0 spiro atoms. The lowest BCUT2D eigenvalue weighted by Gasteiger charge is -2.08. The third-order valence-electron chi connectivity index (χ3n) is 2.10. The van der Waals surface area contributed by atoms with E-state index in [0.29, 0.717) is 11.7 Å². The van der Waals surface area contributed by atoms with Crippen LogP contribution in [0.5, 0.6) is 5.75 Å². The number of aromatic nitrogens is 1. The van der Waals surface area contributed by atoms with Crippen LogP contribution in [0.15, 0.2) is 6.07 Å². The number of hydrogen-bond donors (Lipinski definition) is 1. The molecule has 0 aliphatic rings. The van der Waals surface area contributed by atoms with E-state index in [9.17, 15) is 5.11 Å². The molecule has 0 fully saturated rings. The second-order valence-corrected chi connectivity index (χ2v) is 3.43. The zero-order valence-electron chi connectivity index (χ0n) is 8.05. The SMILES string of the molecule is Cc1nc(C(C)C)cc(O)c1C. The van der Waals surface area contributed by atoms with E-state index in [1.807, 2.05) is 13.8 Å². The van der Waals surface area contributed by atoms with Gasteiger partial charge in [0.2, 0.25) is 0 Å². The van der Waals surface area contributed by atoms with Gasteiger partial charge in [0.05, 0.1) is 0 Å². The van der Waals surface area contributed by atoms with Crippen LogP contribution in [0.1, 0.15) is 36.7 Å². The second-order valence-electron chi connectivity index (χ2n) is 3.43. The van der Waals surface area contributed by atoms with E-state index in [1.54, 1.807) is 6.07 Å². The molecule has 0 saturated heterocycles. The highest BCUT2D eigenvalue weighted by atomic mass is 16.3. The van der Waals surface area contributed by atoms with Crippen molar-refractivity contribution in [3.63, 3.8) is 0 Å². The maximum Gasteiger partial charge on any atom is 0.122 e. The highest BCUT2D eigenvalue weighted by molar-refractivity contribution is 5.36. The first-order chi connectivity index (χ1) is 5.52. The number of rotatable bonds is 1. The van der Waals surface area contributed by atoms with Crippen LogP contribution in [-0.2, 0) is 0 Å². The number of aromatic hydroxyl groups is 1. The minimum absolute atomic E-state index is 0.353. The summed E-state index contributed by atoms with van der Waals surface area (Å²) < 4.78 is 0. The molecule has 12 heavy (non-hydrogen) atoms. The predicted molar refractivity (Wildman–Crippen MR) is 49.5 cm³/mol. The molecule has 1 rings (SSSR count). The molecule has 1 aromatic rings. The quantitative estimate of drug-likeness (QED) is 0.693. The van der Waals surface area contributed by atoms with Gasteiger partial charge in [0, 0.05) is 23.0 Å². The van der Waals surface area contributed by atoms with Gasteiger partial charge in [0.1, 0.15) is 5.75 Å². The van der Waals surface area contributed by atoms with Crippen LogP contribution in [-0.4, -0.2) is 10.1 Å². The maximum absolute atomic E-state index is 9.49. The molecule has 0 aliphatic carbocycles. The molecule has 66 valence electrons. The number of hydrogen-bond acceptors (Lipinski definition) is 2. The van der Waals surface area contributed by atoms with Crippen molar-refractivity contribution >= 4 is 0 Å². The standard InChI is InChI=1S/C10H15NO/c1-6(2)9-5-10(12)7(3)8(4)11-9/h5-6H,1-4H3,(H,11,12). The van der Waals surface area contributed by atoms with Crippen LogP contribution in [0.3, 0.4) is 0 Å². The number of nitrogens with zero attached hydrogens (tertiary/aromatic N) is 1. The third kappa shape index (κ3) is 1.58. The Kier molecular flexibility index (Phi) is 2.36. The van der Waals surface area contributed by atoms with Gasteiger partial charge in [0.15, 0.2) is 0 Å². The van der Waals surface area contributed by atoms with Crippen molar-refractivity contribution in [1.29, 1.82) is 0 Å². The Bertz CT molecular complexity index is 269. The lowest BCUT2D eigenvalue weighted by molar-refractivity contribution is 0.467. The van der Waals surface area contributed by atoms with Crippen molar-refractivity contribution < 1.29 is 5.11 Å². The van der Waals surface area contributed by atoms with E-state index in [4.69, 9.17) is 0 Å². The van der Waals surface area contributed by atoms with E-state index < -0.39 is 0 Å². The summed E-state index contributed by atoms with van der Waals surface area (Å²) in [7, 11) is 0. The molecule has 1 aromatic heterocycles. The lowest BCUT2D eigenvalue weighted by Crippen LogP contribution is -1.96. The van der Waals surface area contributed by atoms with Gasteiger partial charge in [-0.3, -0.25) is 4.98 Å². The van der Waals surface area contributed by atoms with Gasteiger partial charge < -0.3 is 5.11 Å². The van der Waals surface area contributed by atoms with Gasteiger partial charge in [-0.15, -0.1) is 0 Å². The lowest BCUT2D eigenvalue weighted by atomic mass is 10.1. The van der Waals surface area contributed by atoms with Gasteiger partial charge in [-0.2, -0.15) is 0 Å². The Morgan fingerprint density at radius 3 is 2.33 bits per heavy atom. The van der Waals surface area contributed by atoms with E-state index in [2.05, 4.69) is 18.8 Å². The molecule has 2 nitrogen and oxygen atoms in total. The molecule has 0 aromatic carbocycles. The first-order valence-electron chi connectivity index (χ1n) is 4.19. The fraction of sp³-hybridized carbons (Fsp3) is 0.500. The van der Waals surface area contributed by atoms with Gasteiger partial charge in [0.25, 0.3) is 0 Å². The molecule has 0 unspecified atom stereocenters. The zero-order chi connectivity index (χ0) is 9.30. The van der Waals surface area contributed by atoms with Crippen molar-refractivity contribution in [2.45, 2.75) is 33.6 Å². The molecule has 0 atom stereocenters. The molecule has 0 aliphatic heterocycles. The predicted octanol–water partition coefficient (Wildman–Crippen LogP) is 2.53. The highest BCUT2D eigenvalue weighted by Crippen LogP contribution is 2.23. The van der Waals surface area contributed by atoms with E-state index in [-0.39, 0.29) is 0 Å². The first-order valence-corrected chi connectivity index (χ1v) is 4.19. The fourth-order valence-electron chi connectivity index (χ4n) is 1.04. The Hall–Kier alpha value is -1.05. The number of pyridine rings is 1. The van der Waals surface area contributed by atoms with Crippen LogP contribution in [0.25, 0.3) is 0 Å². The molecule has 0 saturated carbocycles. The molecule has 1 N–H and O–H groups in total. The minimum atomic E-state index is 0.353. The Morgan fingerprint density at radius 2 is 1.92 bits per heavy atom. The average molecular weight is 165 g/mol. The van der Waals surface area contributed by atoms with Crippen LogP contribution < -0.4 is 0 Å². The number of aryl methyl sites for hydroxylation is 1. The van der Waals surface area contributed by atoms with Gasteiger partial charge in [-0.1, -0.05) is 13.8 Å². The van der Waals surface area contributed by atoms with Crippen LogP contribution in [0.4, 0.5) is 0 Å². The average Bonchev–Trinajstić information content (AvgIpc) is 1.99. The molecule has 0 bridgehead atoms. The third-order valence-corrected chi connectivity index (χ3v) is 2.10. The Labute approximate surface area is 73.3 Å². The first kappa shape index (κ1) is 9.04. The van der Waals surface area contributed by atoms with Crippen molar-refractivity contribution in [3.05, 3.63) is 23.0 Å². The Morgan fingerprint density at radius 1 is 1.33 bits per heavy atom. The van der Waals surface area contributed by atoms with Gasteiger partial charge in [-0.05, 0) is 19.8 Å². The van der Waals surface area contributed by atoms with Crippen LogP contribution in [0.2, 0.25) is 0 Å². The molecule has 2 heteroatoms. The Balaban J connectivity index is 3.21. The van der Waals surface area contributed by atoms with Gasteiger partial charge >= 0.3 is 0 Å². The minimum Gasteiger partial charge on any atom is -0.508 e. The summed E-state index contributed by atoms with van der Waals surface area (Å²) in [6.07, 6.45) is 0.